The van der Waals surface area contributed by atoms with Gasteiger partial charge in [0.05, 0.1) is 12.4 Å². The van der Waals surface area contributed by atoms with Crippen molar-refractivity contribution < 1.29 is 4.79 Å². The molecule has 0 aliphatic carbocycles. The summed E-state index contributed by atoms with van der Waals surface area (Å²) in [5, 5.41) is 14.2. The third kappa shape index (κ3) is 3.92. The van der Waals surface area contributed by atoms with Crippen LogP contribution in [-0.2, 0) is 11.3 Å². The summed E-state index contributed by atoms with van der Waals surface area (Å²) in [5.74, 6) is -0.170. The number of nitrogens with one attached hydrogen (secondary N) is 1. The molecular formula is C14H14ClN7O. The first kappa shape index (κ1) is 15.2. The zero-order valence-corrected chi connectivity index (χ0v) is 12.8. The van der Waals surface area contributed by atoms with E-state index in [1.807, 2.05) is 35.0 Å². The molecule has 3 rings (SSSR count). The van der Waals surface area contributed by atoms with Gasteiger partial charge in [0, 0.05) is 24.0 Å². The second-order valence-corrected chi connectivity index (χ2v) is 5.33. The molecule has 118 valence electrons. The third-order valence-electron chi connectivity index (χ3n) is 3.33. The molecule has 9 heteroatoms. The largest absolute Gasteiger partial charge is 0.352 e. The normalized spacial score (nSPS) is 12.0. The Bertz CT molecular complexity index is 740. The highest BCUT2D eigenvalue weighted by molar-refractivity contribution is 6.30. The van der Waals surface area contributed by atoms with Crippen molar-refractivity contribution in [3.63, 3.8) is 0 Å². The lowest BCUT2D eigenvalue weighted by Crippen LogP contribution is -2.33. The SMILES string of the molecule is O=C(Cn1cnnn1)NCC(c1ccc(Cl)cc1)n1ccnc1. The van der Waals surface area contributed by atoms with Crippen molar-refractivity contribution in [3.05, 3.63) is 59.9 Å². The first-order chi connectivity index (χ1) is 11.2. The molecule has 2 aromatic heterocycles. The van der Waals surface area contributed by atoms with E-state index in [9.17, 15) is 4.79 Å². The van der Waals surface area contributed by atoms with E-state index in [2.05, 4.69) is 25.8 Å². The van der Waals surface area contributed by atoms with Gasteiger partial charge in [0.2, 0.25) is 5.91 Å². The number of tetrazole rings is 1. The lowest BCUT2D eigenvalue weighted by molar-refractivity contribution is -0.121. The summed E-state index contributed by atoms with van der Waals surface area (Å²) < 4.78 is 3.30. The lowest BCUT2D eigenvalue weighted by atomic mass is 10.1. The van der Waals surface area contributed by atoms with Crippen molar-refractivity contribution in [2.45, 2.75) is 12.6 Å². The number of hydrogen-bond acceptors (Lipinski definition) is 5. The number of rotatable bonds is 6. The Hall–Kier alpha value is -2.74. The maximum Gasteiger partial charge on any atom is 0.241 e. The predicted molar refractivity (Wildman–Crippen MR) is 82.6 cm³/mol. The van der Waals surface area contributed by atoms with Gasteiger partial charge in [-0.1, -0.05) is 23.7 Å². The zero-order valence-electron chi connectivity index (χ0n) is 12.1. The van der Waals surface area contributed by atoms with Crippen LogP contribution >= 0.6 is 11.6 Å². The minimum absolute atomic E-state index is 0.0737. The van der Waals surface area contributed by atoms with Crippen LogP contribution in [0.15, 0.2) is 49.3 Å². The molecule has 0 bridgehead atoms. The predicted octanol–water partition coefficient (Wildman–Crippen LogP) is 0.929. The van der Waals surface area contributed by atoms with Crippen LogP contribution in [0.5, 0.6) is 0 Å². The minimum atomic E-state index is -0.170. The van der Waals surface area contributed by atoms with Crippen molar-refractivity contribution >= 4 is 17.5 Å². The highest BCUT2D eigenvalue weighted by Crippen LogP contribution is 2.19. The molecule has 23 heavy (non-hydrogen) atoms. The van der Waals surface area contributed by atoms with E-state index in [1.165, 1.54) is 11.0 Å². The maximum atomic E-state index is 12.0. The number of aromatic nitrogens is 6. The molecule has 0 radical (unpaired) electrons. The molecule has 1 unspecified atom stereocenters. The number of nitrogens with zero attached hydrogens (tertiary/aromatic N) is 6. The van der Waals surface area contributed by atoms with Crippen LogP contribution in [-0.4, -0.2) is 42.2 Å². The van der Waals surface area contributed by atoms with Crippen molar-refractivity contribution in [3.8, 4) is 0 Å². The summed E-state index contributed by atoms with van der Waals surface area (Å²) in [6.07, 6.45) is 6.66. The standard InChI is InChI=1S/C14H14ClN7O/c15-12-3-1-11(2-4-12)13(21-6-5-16-9-21)7-17-14(23)8-22-10-18-19-20-22/h1-6,9-10,13H,7-8H2,(H,17,23). The lowest BCUT2D eigenvalue weighted by Gasteiger charge is -2.19. The topological polar surface area (TPSA) is 90.5 Å². The Morgan fingerprint density at radius 2 is 2.09 bits per heavy atom. The molecule has 1 N–H and O–H groups in total. The van der Waals surface area contributed by atoms with Crippen LogP contribution < -0.4 is 5.32 Å². The average molecular weight is 332 g/mol. The zero-order chi connectivity index (χ0) is 16.1. The smallest absolute Gasteiger partial charge is 0.241 e. The fourth-order valence-corrected chi connectivity index (χ4v) is 2.33. The van der Waals surface area contributed by atoms with Gasteiger partial charge in [0.25, 0.3) is 0 Å². The number of hydrogen-bond donors (Lipinski definition) is 1. The molecule has 1 atom stereocenters. The summed E-state index contributed by atoms with van der Waals surface area (Å²) in [4.78, 5) is 16.1. The Morgan fingerprint density at radius 3 is 2.74 bits per heavy atom. The molecule has 0 spiro atoms. The maximum absolute atomic E-state index is 12.0. The summed E-state index contributed by atoms with van der Waals surface area (Å²) >= 11 is 5.94. The number of benzene rings is 1. The summed E-state index contributed by atoms with van der Waals surface area (Å²) in [5.41, 5.74) is 1.02. The van der Waals surface area contributed by atoms with Gasteiger partial charge in [0.1, 0.15) is 12.9 Å². The molecule has 0 aliphatic rings. The Morgan fingerprint density at radius 1 is 1.26 bits per heavy atom. The number of amides is 1. The summed E-state index contributed by atoms with van der Waals surface area (Å²) in [6, 6.07) is 7.43. The van der Waals surface area contributed by atoms with Crippen molar-refractivity contribution in [2.24, 2.45) is 0 Å². The van der Waals surface area contributed by atoms with E-state index in [0.717, 1.165) is 5.56 Å². The van der Waals surface area contributed by atoms with Crippen molar-refractivity contribution in [1.82, 2.24) is 35.1 Å². The van der Waals surface area contributed by atoms with Gasteiger partial charge in [-0.2, -0.15) is 0 Å². The minimum Gasteiger partial charge on any atom is -0.352 e. The molecule has 1 aromatic carbocycles. The van der Waals surface area contributed by atoms with E-state index in [0.29, 0.717) is 11.6 Å². The monoisotopic (exact) mass is 331 g/mol. The van der Waals surface area contributed by atoms with E-state index < -0.39 is 0 Å². The van der Waals surface area contributed by atoms with Crippen LogP contribution in [0.1, 0.15) is 11.6 Å². The number of carbonyl (C=O) groups is 1. The first-order valence-electron chi connectivity index (χ1n) is 6.93. The Kier molecular flexibility index (Phi) is 4.62. The van der Waals surface area contributed by atoms with Crippen LogP contribution in [0.3, 0.4) is 0 Å². The molecule has 0 aliphatic heterocycles. The van der Waals surface area contributed by atoms with Crippen LogP contribution in [0, 0.1) is 0 Å². The third-order valence-corrected chi connectivity index (χ3v) is 3.58. The van der Waals surface area contributed by atoms with Gasteiger partial charge in [-0.3, -0.25) is 4.79 Å². The Labute approximate surface area is 137 Å². The molecule has 8 nitrogen and oxygen atoms in total. The van der Waals surface area contributed by atoms with Crippen LogP contribution in [0.2, 0.25) is 5.02 Å². The number of halogens is 1. The van der Waals surface area contributed by atoms with E-state index >= 15 is 0 Å². The average Bonchev–Trinajstić information content (AvgIpc) is 3.23. The van der Waals surface area contributed by atoms with Gasteiger partial charge >= 0.3 is 0 Å². The molecule has 0 saturated carbocycles. The molecule has 2 heterocycles. The quantitative estimate of drug-likeness (QED) is 0.725. The van der Waals surface area contributed by atoms with E-state index in [-0.39, 0.29) is 18.5 Å². The summed E-state index contributed by atoms with van der Waals surface area (Å²) in [6.45, 7) is 0.489. The number of carbonyl (C=O) groups excluding carboxylic acids is 1. The molecular weight excluding hydrogens is 318 g/mol. The van der Waals surface area contributed by atoms with E-state index in [4.69, 9.17) is 11.6 Å². The Balaban J connectivity index is 1.69. The second-order valence-electron chi connectivity index (χ2n) is 4.89. The fraction of sp³-hybridized carbons (Fsp3) is 0.214. The van der Waals surface area contributed by atoms with Crippen molar-refractivity contribution in [2.75, 3.05) is 6.54 Å². The number of imidazole rings is 1. The molecule has 1 amide bonds. The fourth-order valence-electron chi connectivity index (χ4n) is 2.20. The van der Waals surface area contributed by atoms with Crippen LogP contribution in [0.4, 0.5) is 0 Å². The molecule has 0 saturated heterocycles. The van der Waals surface area contributed by atoms with Gasteiger partial charge < -0.3 is 9.88 Å². The highest BCUT2D eigenvalue weighted by Gasteiger charge is 2.15. The van der Waals surface area contributed by atoms with Gasteiger partial charge in [-0.25, -0.2) is 9.67 Å². The van der Waals surface area contributed by atoms with Crippen molar-refractivity contribution in [1.29, 1.82) is 0 Å². The first-order valence-corrected chi connectivity index (χ1v) is 7.30. The molecule has 0 fully saturated rings. The van der Waals surface area contributed by atoms with Gasteiger partial charge in [-0.05, 0) is 28.1 Å². The summed E-state index contributed by atoms with van der Waals surface area (Å²) in [7, 11) is 0. The second kappa shape index (κ2) is 7.01. The van der Waals surface area contributed by atoms with Gasteiger partial charge in [-0.15, -0.1) is 5.10 Å². The van der Waals surface area contributed by atoms with Crippen LogP contribution in [0.25, 0.3) is 0 Å². The van der Waals surface area contributed by atoms with Gasteiger partial charge in [0.15, 0.2) is 0 Å². The highest BCUT2D eigenvalue weighted by atomic mass is 35.5. The van der Waals surface area contributed by atoms with E-state index in [1.54, 1.807) is 12.5 Å². The molecule has 3 aromatic rings.